The molecule has 1 saturated heterocycles. The van der Waals surface area contributed by atoms with E-state index in [0.717, 1.165) is 16.7 Å². The van der Waals surface area contributed by atoms with E-state index in [1.165, 1.54) is 0 Å². The van der Waals surface area contributed by atoms with E-state index in [1.807, 2.05) is 26.0 Å². The number of aromatic nitrogens is 2. The number of carbonyl (C=O) groups excluding carboxylic acids is 2. The largest absolute Gasteiger partial charge is 0.463 e. The van der Waals surface area contributed by atoms with E-state index in [2.05, 4.69) is 25.9 Å². The SMILES string of the molecule is CC(C)Nc1cc(-c2c[nH]c(C(=O)NC(COC(=O)C3CNC3)c3cccc(Cl)c3)c2)c(Cl)cn1. The molecular weight excluding hydrogens is 489 g/mol. The van der Waals surface area contributed by atoms with Crippen LogP contribution < -0.4 is 16.0 Å². The molecule has 1 aliphatic rings. The Labute approximate surface area is 213 Å². The number of aromatic amines is 1. The average Bonchev–Trinajstić information content (AvgIpc) is 3.26. The summed E-state index contributed by atoms with van der Waals surface area (Å²) in [6, 6.07) is 10.3. The van der Waals surface area contributed by atoms with Crippen LogP contribution in [-0.4, -0.2) is 47.6 Å². The van der Waals surface area contributed by atoms with Crippen LogP contribution in [0.25, 0.3) is 11.1 Å². The molecule has 2 aromatic heterocycles. The van der Waals surface area contributed by atoms with Crippen molar-refractivity contribution in [1.82, 2.24) is 20.6 Å². The van der Waals surface area contributed by atoms with Gasteiger partial charge in [0.25, 0.3) is 5.91 Å². The molecule has 1 atom stereocenters. The summed E-state index contributed by atoms with van der Waals surface area (Å²) in [4.78, 5) is 32.7. The van der Waals surface area contributed by atoms with Crippen LogP contribution in [-0.2, 0) is 9.53 Å². The lowest BCUT2D eigenvalue weighted by Gasteiger charge is -2.26. The Bertz CT molecular complexity index is 1210. The molecule has 4 N–H and O–H groups in total. The second-order valence-corrected chi connectivity index (χ2v) is 9.56. The third-order valence-corrected chi connectivity index (χ3v) is 6.13. The third kappa shape index (κ3) is 6.33. The van der Waals surface area contributed by atoms with E-state index in [0.29, 0.717) is 34.6 Å². The Hall–Kier alpha value is -3.07. The molecule has 1 fully saturated rings. The van der Waals surface area contributed by atoms with Crippen molar-refractivity contribution in [2.45, 2.75) is 25.9 Å². The number of ether oxygens (including phenoxy) is 1. The third-order valence-electron chi connectivity index (χ3n) is 5.59. The number of hydrogen-bond donors (Lipinski definition) is 4. The lowest BCUT2D eigenvalue weighted by Crippen LogP contribution is -2.47. The van der Waals surface area contributed by atoms with Crippen LogP contribution in [0, 0.1) is 5.92 Å². The number of nitrogens with one attached hydrogen (secondary N) is 4. The molecule has 10 heteroatoms. The van der Waals surface area contributed by atoms with Gasteiger partial charge in [0.15, 0.2) is 0 Å². The number of halogens is 2. The monoisotopic (exact) mass is 515 g/mol. The first kappa shape index (κ1) is 25.0. The van der Waals surface area contributed by atoms with Gasteiger partial charge in [-0.1, -0.05) is 35.3 Å². The van der Waals surface area contributed by atoms with Gasteiger partial charge in [0.2, 0.25) is 0 Å². The number of anilines is 1. The van der Waals surface area contributed by atoms with Crippen LogP contribution in [0.4, 0.5) is 5.82 Å². The molecule has 0 spiro atoms. The van der Waals surface area contributed by atoms with Crippen molar-refractivity contribution in [3.63, 3.8) is 0 Å². The molecule has 4 rings (SSSR count). The molecule has 3 aromatic rings. The Kier molecular flexibility index (Phi) is 7.95. The van der Waals surface area contributed by atoms with Gasteiger partial charge in [-0.05, 0) is 43.7 Å². The van der Waals surface area contributed by atoms with E-state index in [1.54, 1.807) is 36.7 Å². The van der Waals surface area contributed by atoms with Crippen LogP contribution in [0.2, 0.25) is 10.0 Å². The zero-order valence-corrected chi connectivity index (χ0v) is 20.9. The number of hydrogen-bond acceptors (Lipinski definition) is 6. The van der Waals surface area contributed by atoms with Crippen molar-refractivity contribution in [3.05, 3.63) is 70.1 Å². The summed E-state index contributed by atoms with van der Waals surface area (Å²) in [5.41, 5.74) is 2.57. The van der Waals surface area contributed by atoms with Gasteiger partial charge in [0, 0.05) is 47.7 Å². The molecule has 1 aliphatic heterocycles. The summed E-state index contributed by atoms with van der Waals surface area (Å²) in [7, 11) is 0. The van der Waals surface area contributed by atoms with Gasteiger partial charge in [-0.2, -0.15) is 0 Å². The molecule has 0 bridgehead atoms. The van der Waals surface area contributed by atoms with E-state index in [-0.39, 0.29) is 30.4 Å². The first-order chi connectivity index (χ1) is 16.8. The van der Waals surface area contributed by atoms with Crippen molar-refractivity contribution in [1.29, 1.82) is 0 Å². The highest BCUT2D eigenvalue weighted by molar-refractivity contribution is 6.33. The molecule has 8 nitrogen and oxygen atoms in total. The minimum atomic E-state index is -0.573. The van der Waals surface area contributed by atoms with Crippen LogP contribution in [0.5, 0.6) is 0 Å². The number of rotatable bonds is 9. The lowest BCUT2D eigenvalue weighted by molar-refractivity contribution is -0.151. The second kappa shape index (κ2) is 11.1. The number of amides is 1. The van der Waals surface area contributed by atoms with Crippen molar-refractivity contribution < 1.29 is 14.3 Å². The number of esters is 1. The molecular formula is C25H27Cl2N5O3. The summed E-state index contributed by atoms with van der Waals surface area (Å²) in [5.74, 6) is -0.105. The highest BCUT2D eigenvalue weighted by Gasteiger charge is 2.28. The Morgan fingerprint density at radius 3 is 2.69 bits per heavy atom. The standard InChI is InChI=1S/C25H27Cl2N5O3/c1-14(2)31-23-8-19(20(27)12-30-23)16-7-21(29-11-16)24(33)32-22(15-4-3-5-18(26)6-15)13-35-25(34)17-9-28-10-17/h3-8,11-12,14,17,22,28-29H,9-10,13H2,1-2H3,(H,30,31)(H,32,33). The van der Waals surface area contributed by atoms with Crippen molar-refractivity contribution in [3.8, 4) is 11.1 Å². The average molecular weight is 516 g/mol. The van der Waals surface area contributed by atoms with Crippen molar-refractivity contribution >= 4 is 40.9 Å². The van der Waals surface area contributed by atoms with Gasteiger partial charge >= 0.3 is 5.97 Å². The summed E-state index contributed by atoms with van der Waals surface area (Å²) in [6.07, 6.45) is 3.29. The molecule has 1 amide bonds. The van der Waals surface area contributed by atoms with Gasteiger partial charge in [-0.15, -0.1) is 0 Å². The molecule has 0 radical (unpaired) electrons. The smallest absolute Gasteiger partial charge is 0.311 e. The molecule has 35 heavy (non-hydrogen) atoms. The topological polar surface area (TPSA) is 108 Å². The number of carbonyl (C=O) groups is 2. The zero-order valence-electron chi connectivity index (χ0n) is 19.4. The predicted octanol–water partition coefficient (Wildman–Crippen LogP) is 4.44. The molecule has 0 aliphatic carbocycles. The maximum absolute atomic E-state index is 13.1. The number of pyridine rings is 1. The Morgan fingerprint density at radius 1 is 1.20 bits per heavy atom. The first-order valence-electron chi connectivity index (χ1n) is 11.3. The van der Waals surface area contributed by atoms with E-state index in [4.69, 9.17) is 27.9 Å². The quantitative estimate of drug-likeness (QED) is 0.314. The van der Waals surface area contributed by atoms with Gasteiger partial charge in [0.1, 0.15) is 18.1 Å². The second-order valence-electron chi connectivity index (χ2n) is 8.72. The minimum absolute atomic E-state index is 0.00457. The number of H-pyrrole nitrogens is 1. The van der Waals surface area contributed by atoms with Crippen LogP contribution in [0.15, 0.2) is 48.8 Å². The molecule has 0 saturated carbocycles. The highest BCUT2D eigenvalue weighted by Crippen LogP contribution is 2.30. The highest BCUT2D eigenvalue weighted by atomic mass is 35.5. The predicted molar refractivity (Wildman–Crippen MR) is 137 cm³/mol. The maximum Gasteiger partial charge on any atom is 0.311 e. The molecule has 1 unspecified atom stereocenters. The van der Waals surface area contributed by atoms with Crippen LogP contribution in [0.1, 0.15) is 35.9 Å². The number of benzene rings is 1. The fourth-order valence-electron chi connectivity index (χ4n) is 3.63. The Balaban J connectivity index is 1.51. The summed E-state index contributed by atoms with van der Waals surface area (Å²) in [6.45, 7) is 5.24. The van der Waals surface area contributed by atoms with Crippen LogP contribution >= 0.6 is 23.2 Å². The van der Waals surface area contributed by atoms with Crippen LogP contribution in [0.3, 0.4) is 0 Å². The summed E-state index contributed by atoms with van der Waals surface area (Å²) in [5, 5.41) is 10.2. The van der Waals surface area contributed by atoms with Gasteiger partial charge in [-0.25, -0.2) is 4.98 Å². The molecule has 1 aromatic carbocycles. The summed E-state index contributed by atoms with van der Waals surface area (Å²) >= 11 is 12.5. The molecule has 184 valence electrons. The van der Waals surface area contributed by atoms with E-state index >= 15 is 0 Å². The Morgan fingerprint density at radius 2 is 2.00 bits per heavy atom. The minimum Gasteiger partial charge on any atom is -0.463 e. The zero-order chi connectivity index (χ0) is 24.9. The number of nitrogens with zero attached hydrogens (tertiary/aromatic N) is 1. The van der Waals surface area contributed by atoms with Crippen molar-refractivity contribution in [2.24, 2.45) is 5.92 Å². The van der Waals surface area contributed by atoms with Gasteiger partial charge in [-0.3, -0.25) is 9.59 Å². The lowest BCUT2D eigenvalue weighted by atomic mass is 10.0. The normalized spacial score (nSPS) is 14.3. The van der Waals surface area contributed by atoms with Gasteiger partial charge in [0.05, 0.1) is 17.0 Å². The fraction of sp³-hybridized carbons (Fsp3) is 0.320. The van der Waals surface area contributed by atoms with Gasteiger partial charge < -0.3 is 25.7 Å². The first-order valence-corrected chi connectivity index (χ1v) is 12.1. The van der Waals surface area contributed by atoms with E-state index < -0.39 is 6.04 Å². The summed E-state index contributed by atoms with van der Waals surface area (Å²) < 4.78 is 5.50. The fourth-order valence-corrected chi connectivity index (χ4v) is 4.05. The maximum atomic E-state index is 13.1. The van der Waals surface area contributed by atoms with Crippen molar-refractivity contribution in [2.75, 3.05) is 25.0 Å². The van der Waals surface area contributed by atoms with E-state index in [9.17, 15) is 9.59 Å². The molecule has 3 heterocycles.